The van der Waals surface area contributed by atoms with E-state index in [1.807, 2.05) is 30.3 Å². The van der Waals surface area contributed by atoms with Crippen LogP contribution in [0.2, 0.25) is 0 Å². The molecule has 2 saturated heterocycles. The highest BCUT2D eigenvalue weighted by Gasteiger charge is 2.46. The zero-order chi connectivity index (χ0) is 18.0. The lowest BCUT2D eigenvalue weighted by Gasteiger charge is -2.40. The van der Waals surface area contributed by atoms with Gasteiger partial charge >= 0.3 is 0 Å². The molecule has 1 aromatic carbocycles. The number of nitrogens with zero attached hydrogens (tertiary/aromatic N) is 1. The molecule has 4 heteroatoms. The molecule has 0 bridgehead atoms. The van der Waals surface area contributed by atoms with Crippen molar-refractivity contribution in [2.45, 2.75) is 69.2 Å². The molecule has 1 N–H and O–H groups in total. The predicted octanol–water partition coefficient (Wildman–Crippen LogP) is 3.62. The van der Waals surface area contributed by atoms with Crippen LogP contribution in [0.3, 0.4) is 0 Å². The van der Waals surface area contributed by atoms with Gasteiger partial charge in [-0.3, -0.25) is 9.59 Å². The molecular weight excluding hydrogens is 324 g/mol. The average Bonchev–Trinajstić information content (AvgIpc) is 2.85. The Morgan fingerprint density at radius 3 is 2.31 bits per heavy atom. The largest absolute Gasteiger partial charge is 0.350 e. The van der Waals surface area contributed by atoms with E-state index < -0.39 is 0 Å². The van der Waals surface area contributed by atoms with Gasteiger partial charge < -0.3 is 10.2 Å². The van der Waals surface area contributed by atoms with Gasteiger partial charge in [-0.25, -0.2) is 0 Å². The Hall–Kier alpha value is -1.84. The minimum atomic E-state index is -0.113. The summed E-state index contributed by atoms with van der Waals surface area (Å²) in [6, 6.07) is 10.1. The van der Waals surface area contributed by atoms with Crippen LogP contribution in [0.15, 0.2) is 30.3 Å². The normalized spacial score (nSPS) is 26.5. The van der Waals surface area contributed by atoms with Gasteiger partial charge in [0.1, 0.15) is 0 Å². The first-order chi connectivity index (χ1) is 12.7. The number of nitrogens with one attached hydrogen (secondary N) is 1. The predicted molar refractivity (Wildman–Crippen MR) is 102 cm³/mol. The zero-order valence-electron chi connectivity index (χ0n) is 15.6. The van der Waals surface area contributed by atoms with Crippen molar-refractivity contribution < 1.29 is 9.59 Å². The van der Waals surface area contributed by atoms with Gasteiger partial charge in [-0.05, 0) is 37.7 Å². The molecule has 4 nitrogen and oxygen atoms in total. The molecule has 1 aromatic rings. The Bertz CT molecular complexity index is 641. The summed E-state index contributed by atoms with van der Waals surface area (Å²) in [7, 11) is 0. The van der Waals surface area contributed by atoms with Crippen molar-refractivity contribution in [2.24, 2.45) is 5.92 Å². The van der Waals surface area contributed by atoms with Crippen LogP contribution in [0.25, 0.3) is 0 Å². The number of carbonyl (C=O) groups is 2. The van der Waals surface area contributed by atoms with Crippen LogP contribution in [0.4, 0.5) is 0 Å². The van der Waals surface area contributed by atoms with Crippen LogP contribution in [0, 0.1) is 5.92 Å². The maximum absolute atomic E-state index is 12.9. The number of likely N-dealkylation sites (tertiary alicyclic amines) is 1. The second-order valence-electron chi connectivity index (χ2n) is 8.45. The molecule has 26 heavy (non-hydrogen) atoms. The molecule has 2 amide bonds. The number of amides is 2. The van der Waals surface area contributed by atoms with Gasteiger partial charge in [-0.2, -0.15) is 0 Å². The molecule has 3 fully saturated rings. The molecular formula is C22H30N2O2. The van der Waals surface area contributed by atoms with Gasteiger partial charge in [-0.15, -0.1) is 0 Å². The van der Waals surface area contributed by atoms with Crippen molar-refractivity contribution in [3.8, 4) is 0 Å². The van der Waals surface area contributed by atoms with E-state index in [0.29, 0.717) is 5.91 Å². The smallest absolute Gasteiger partial charge is 0.228 e. The lowest BCUT2D eigenvalue weighted by molar-refractivity contribution is -0.137. The second-order valence-corrected chi connectivity index (χ2v) is 8.45. The Morgan fingerprint density at radius 2 is 1.65 bits per heavy atom. The van der Waals surface area contributed by atoms with Gasteiger partial charge in [0, 0.05) is 24.5 Å². The molecule has 2 heterocycles. The fourth-order valence-corrected chi connectivity index (χ4v) is 5.11. The first kappa shape index (κ1) is 17.6. The molecule has 2 aliphatic heterocycles. The molecule has 1 saturated carbocycles. The van der Waals surface area contributed by atoms with E-state index in [2.05, 4.69) is 10.2 Å². The zero-order valence-corrected chi connectivity index (χ0v) is 15.6. The first-order valence-electron chi connectivity index (χ1n) is 10.3. The number of piperidine rings is 1. The third-order valence-electron chi connectivity index (χ3n) is 6.74. The fourth-order valence-electron chi connectivity index (χ4n) is 5.11. The van der Waals surface area contributed by atoms with Crippen LogP contribution in [-0.2, 0) is 9.59 Å². The molecule has 1 unspecified atom stereocenters. The summed E-state index contributed by atoms with van der Waals surface area (Å²) in [6.45, 7) is 1.58. The maximum Gasteiger partial charge on any atom is 0.228 e. The molecule has 4 rings (SSSR count). The number of benzene rings is 1. The van der Waals surface area contributed by atoms with Crippen molar-refractivity contribution >= 4 is 11.8 Å². The molecule has 1 atom stereocenters. The average molecular weight is 354 g/mol. The van der Waals surface area contributed by atoms with Crippen LogP contribution >= 0.6 is 0 Å². The van der Waals surface area contributed by atoms with Gasteiger partial charge in [-0.1, -0.05) is 56.0 Å². The lowest BCUT2D eigenvalue weighted by atomic mass is 9.81. The highest BCUT2D eigenvalue weighted by molar-refractivity contribution is 5.87. The van der Waals surface area contributed by atoms with Crippen molar-refractivity contribution in [2.75, 3.05) is 13.1 Å². The topological polar surface area (TPSA) is 49.4 Å². The van der Waals surface area contributed by atoms with Crippen molar-refractivity contribution in [3.05, 3.63) is 35.9 Å². The summed E-state index contributed by atoms with van der Waals surface area (Å²) in [4.78, 5) is 27.5. The van der Waals surface area contributed by atoms with E-state index in [-0.39, 0.29) is 23.3 Å². The number of carbonyl (C=O) groups excluding carboxylic acids is 2. The quantitative estimate of drug-likeness (QED) is 0.825. The fraction of sp³-hybridized carbons (Fsp3) is 0.636. The maximum atomic E-state index is 12.9. The summed E-state index contributed by atoms with van der Waals surface area (Å²) in [5.41, 5.74) is 0.997. The number of hydrogen-bond acceptors (Lipinski definition) is 2. The standard InChI is InChI=1S/C22H30N2O2/c25-20-19(17-8-6-3-7-9-17)16-22(23-20)12-14-24(15-13-22)21(26)18-10-4-1-2-5-11-18/h3,6-9,18-19H,1-2,4-5,10-16H2,(H,23,25). The number of rotatable bonds is 2. The highest BCUT2D eigenvalue weighted by atomic mass is 16.2. The van der Waals surface area contributed by atoms with Gasteiger partial charge in [0.05, 0.1) is 5.92 Å². The Balaban J connectivity index is 1.37. The van der Waals surface area contributed by atoms with Gasteiger partial charge in [0.2, 0.25) is 11.8 Å². The van der Waals surface area contributed by atoms with Crippen molar-refractivity contribution in [3.63, 3.8) is 0 Å². The first-order valence-corrected chi connectivity index (χ1v) is 10.3. The molecule has 1 aliphatic carbocycles. The second kappa shape index (κ2) is 7.42. The highest BCUT2D eigenvalue weighted by Crippen LogP contribution is 2.39. The van der Waals surface area contributed by atoms with Crippen LogP contribution in [0.1, 0.15) is 69.3 Å². The van der Waals surface area contributed by atoms with E-state index in [9.17, 15) is 9.59 Å². The minimum absolute atomic E-state index is 0.0414. The molecule has 0 radical (unpaired) electrons. The molecule has 1 spiro atoms. The molecule has 140 valence electrons. The van der Waals surface area contributed by atoms with E-state index in [1.54, 1.807) is 0 Å². The third-order valence-corrected chi connectivity index (χ3v) is 6.74. The van der Waals surface area contributed by atoms with Crippen LogP contribution in [0.5, 0.6) is 0 Å². The third kappa shape index (κ3) is 3.51. The Labute approximate surface area is 156 Å². The Morgan fingerprint density at radius 1 is 1.00 bits per heavy atom. The van der Waals surface area contributed by atoms with E-state index in [0.717, 1.165) is 50.8 Å². The lowest BCUT2D eigenvalue weighted by Crippen LogP contribution is -2.53. The monoisotopic (exact) mass is 354 g/mol. The van der Waals surface area contributed by atoms with Crippen LogP contribution < -0.4 is 5.32 Å². The summed E-state index contributed by atoms with van der Waals surface area (Å²) in [6.07, 6.45) is 9.72. The van der Waals surface area contributed by atoms with E-state index >= 15 is 0 Å². The number of hydrogen-bond donors (Lipinski definition) is 1. The Kier molecular flexibility index (Phi) is 5.01. The summed E-state index contributed by atoms with van der Waals surface area (Å²) in [5.74, 6) is 0.715. The summed E-state index contributed by atoms with van der Waals surface area (Å²) >= 11 is 0. The minimum Gasteiger partial charge on any atom is -0.350 e. The summed E-state index contributed by atoms with van der Waals surface area (Å²) in [5, 5.41) is 3.29. The van der Waals surface area contributed by atoms with E-state index in [1.165, 1.54) is 25.7 Å². The van der Waals surface area contributed by atoms with Crippen LogP contribution in [-0.4, -0.2) is 35.3 Å². The van der Waals surface area contributed by atoms with Crippen molar-refractivity contribution in [1.82, 2.24) is 10.2 Å². The van der Waals surface area contributed by atoms with Gasteiger partial charge in [0.15, 0.2) is 0 Å². The SMILES string of the molecule is O=C1NC2(CCN(C(=O)C3CCCCCC3)CC2)CC1c1ccccc1. The molecule has 3 aliphatic rings. The van der Waals surface area contributed by atoms with E-state index in [4.69, 9.17) is 0 Å². The summed E-state index contributed by atoms with van der Waals surface area (Å²) < 4.78 is 0. The van der Waals surface area contributed by atoms with Gasteiger partial charge in [0.25, 0.3) is 0 Å². The van der Waals surface area contributed by atoms with Crippen molar-refractivity contribution in [1.29, 1.82) is 0 Å². The molecule has 0 aromatic heterocycles.